The van der Waals surface area contributed by atoms with E-state index in [0.717, 1.165) is 23.3 Å². The third kappa shape index (κ3) is 5.57. The van der Waals surface area contributed by atoms with Crippen molar-refractivity contribution in [3.05, 3.63) is 66.2 Å². The molecular formula is C19H23NO3S2. The summed E-state index contributed by atoms with van der Waals surface area (Å²) in [5.41, 5.74) is 0.798. The maximum atomic E-state index is 12.5. The van der Waals surface area contributed by atoms with E-state index in [2.05, 4.69) is 16.9 Å². The van der Waals surface area contributed by atoms with Crippen LogP contribution < -0.4 is 4.72 Å². The van der Waals surface area contributed by atoms with E-state index in [0.29, 0.717) is 19.8 Å². The summed E-state index contributed by atoms with van der Waals surface area (Å²) in [5.74, 6) is 0.0103. The summed E-state index contributed by atoms with van der Waals surface area (Å²) in [6, 6.07) is 19.4. The van der Waals surface area contributed by atoms with Crippen molar-refractivity contribution >= 4 is 21.8 Å². The fourth-order valence-corrected chi connectivity index (χ4v) is 5.51. The summed E-state index contributed by atoms with van der Waals surface area (Å²) in [4.78, 5) is 1.16. The molecule has 1 fully saturated rings. The Labute approximate surface area is 154 Å². The van der Waals surface area contributed by atoms with Gasteiger partial charge in [0.2, 0.25) is 10.0 Å². The maximum absolute atomic E-state index is 12.5. The Kier molecular flexibility index (Phi) is 6.17. The summed E-state index contributed by atoms with van der Waals surface area (Å²) >= 11 is 1.75. The third-order valence-electron chi connectivity index (χ3n) is 4.30. The fraction of sp³-hybridized carbons (Fsp3) is 0.368. The van der Waals surface area contributed by atoms with Crippen LogP contribution in [0.3, 0.4) is 0 Å². The van der Waals surface area contributed by atoms with Crippen LogP contribution in [0.25, 0.3) is 0 Å². The smallest absolute Gasteiger partial charge is 0.215 e. The van der Waals surface area contributed by atoms with Crippen molar-refractivity contribution < 1.29 is 13.2 Å². The summed E-state index contributed by atoms with van der Waals surface area (Å²) in [7, 11) is -3.37. The molecule has 4 nitrogen and oxygen atoms in total. The van der Waals surface area contributed by atoms with Crippen molar-refractivity contribution in [2.45, 2.75) is 28.2 Å². The highest BCUT2D eigenvalue weighted by Gasteiger charge is 2.35. The van der Waals surface area contributed by atoms with Crippen molar-refractivity contribution in [2.24, 2.45) is 0 Å². The van der Waals surface area contributed by atoms with Crippen LogP contribution in [0, 0.1) is 0 Å². The third-order valence-corrected chi connectivity index (χ3v) is 7.09. The number of ether oxygens (including phenoxy) is 1. The minimum Gasteiger partial charge on any atom is -0.381 e. The number of benzene rings is 2. The van der Waals surface area contributed by atoms with E-state index in [4.69, 9.17) is 4.74 Å². The molecule has 6 heteroatoms. The van der Waals surface area contributed by atoms with E-state index in [-0.39, 0.29) is 10.5 Å². The number of thioether (sulfide) groups is 1. The minimum atomic E-state index is -3.37. The van der Waals surface area contributed by atoms with E-state index in [1.807, 2.05) is 48.5 Å². The normalized spacial score (nSPS) is 17.3. The van der Waals surface area contributed by atoms with E-state index in [9.17, 15) is 8.42 Å². The van der Waals surface area contributed by atoms with Gasteiger partial charge in [0.05, 0.1) is 5.75 Å². The second kappa shape index (κ2) is 8.36. The molecule has 0 saturated carbocycles. The lowest BCUT2D eigenvalue weighted by Crippen LogP contribution is -2.44. The SMILES string of the molecule is O=S(=O)(Cc1ccccc1)NCC1(Sc2ccccc2)CCOCC1. The predicted octanol–water partition coefficient (Wildman–Crippen LogP) is 3.45. The van der Waals surface area contributed by atoms with Gasteiger partial charge in [0.25, 0.3) is 0 Å². The van der Waals surface area contributed by atoms with Gasteiger partial charge in [-0.3, -0.25) is 0 Å². The van der Waals surface area contributed by atoms with Crippen LogP contribution in [-0.2, 0) is 20.5 Å². The largest absolute Gasteiger partial charge is 0.381 e. The van der Waals surface area contributed by atoms with Gasteiger partial charge in [-0.05, 0) is 30.5 Å². The van der Waals surface area contributed by atoms with Gasteiger partial charge in [0.15, 0.2) is 0 Å². The molecule has 0 aromatic heterocycles. The number of sulfonamides is 1. The average Bonchev–Trinajstić information content (AvgIpc) is 2.62. The summed E-state index contributed by atoms with van der Waals surface area (Å²) in [6.45, 7) is 1.76. The first-order chi connectivity index (χ1) is 12.1. The zero-order chi connectivity index (χ0) is 17.6. The Morgan fingerprint density at radius 3 is 2.20 bits per heavy atom. The Bertz CT molecular complexity index is 758. The molecular weight excluding hydrogens is 354 g/mol. The Balaban J connectivity index is 1.68. The van der Waals surface area contributed by atoms with Crippen LogP contribution in [0.1, 0.15) is 18.4 Å². The monoisotopic (exact) mass is 377 g/mol. The molecule has 2 aromatic carbocycles. The molecule has 1 aliphatic rings. The molecule has 1 N–H and O–H groups in total. The molecule has 0 bridgehead atoms. The molecule has 0 atom stereocenters. The van der Waals surface area contributed by atoms with Crippen molar-refractivity contribution in [1.82, 2.24) is 4.72 Å². The Morgan fingerprint density at radius 2 is 1.56 bits per heavy atom. The topological polar surface area (TPSA) is 55.4 Å². The van der Waals surface area contributed by atoms with Crippen LogP contribution in [-0.4, -0.2) is 32.9 Å². The first-order valence-corrected chi connectivity index (χ1v) is 10.9. The van der Waals surface area contributed by atoms with Gasteiger partial charge in [-0.2, -0.15) is 0 Å². The lowest BCUT2D eigenvalue weighted by atomic mass is 9.99. The van der Waals surface area contributed by atoms with Gasteiger partial charge in [0, 0.05) is 29.4 Å². The van der Waals surface area contributed by atoms with Gasteiger partial charge in [-0.1, -0.05) is 48.5 Å². The first kappa shape index (κ1) is 18.5. The van der Waals surface area contributed by atoms with Crippen LogP contribution in [0.15, 0.2) is 65.6 Å². The number of rotatable bonds is 7. The highest BCUT2D eigenvalue weighted by atomic mass is 32.2. The van der Waals surface area contributed by atoms with E-state index in [1.54, 1.807) is 11.8 Å². The molecule has 3 rings (SSSR count). The molecule has 1 heterocycles. The molecule has 1 saturated heterocycles. The summed E-state index contributed by atoms with van der Waals surface area (Å²) in [6.07, 6.45) is 1.67. The second-order valence-corrected chi connectivity index (χ2v) is 9.62. The quantitative estimate of drug-likeness (QED) is 0.803. The fourth-order valence-electron chi connectivity index (χ4n) is 2.88. The molecule has 1 aliphatic heterocycles. The molecule has 0 aliphatic carbocycles. The first-order valence-electron chi connectivity index (χ1n) is 8.40. The Hall–Kier alpha value is -1.34. The van der Waals surface area contributed by atoms with E-state index in [1.165, 1.54) is 0 Å². The molecule has 0 unspecified atom stereocenters. The van der Waals surface area contributed by atoms with Crippen molar-refractivity contribution in [3.8, 4) is 0 Å². The second-order valence-electron chi connectivity index (χ2n) is 6.28. The maximum Gasteiger partial charge on any atom is 0.215 e. The number of hydrogen-bond donors (Lipinski definition) is 1. The van der Waals surface area contributed by atoms with Crippen molar-refractivity contribution in [1.29, 1.82) is 0 Å². The van der Waals surface area contributed by atoms with Gasteiger partial charge in [-0.15, -0.1) is 11.8 Å². The zero-order valence-electron chi connectivity index (χ0n) is 14.1. The lowest BCUT2D eigenvalue weighted by Gasteiger charge is -2.36. The molecule has 0 spiro atoms. The zero-order valence-corrected chi connectivity index (χ0v) is 15.7. The molecule has 134 valence electrons. The Morgan fingerprint density at radius 1 is 0.960 bits per heavy atom. The van der Waals surface area contributed by atoms with Crippen LogP contribution >= 0.6 is 11.8 Å². The van der Waals surface area contributed by atoms with E-state index < -0.39 is 10.0 Å². The van der Waals surface area contributed by atoms with Gasteiger partial charge < -0.3 is 4.74 Å². The number of hydrogen-bond acceptors (Lipinski definition) is 4. The molecule has 0 radical (unpaired) electrons. The van der Waals surface area contributed by atoms with Crippen molar-refractivity contribution in [3.63, 3.8) is 0 Å². The molecule has 25 heavy (non-hydrogen) atoms. The van der Waals surface area contributed by atoms with Gasteiger partial charge >= 0.3 is 0 Å². The average molecular weight is 378 g/mol. The summed E-state index contributed by atoms with van der Waals surface area (Å²) in [5, 5.41) is 0. The number of nitrogens with one attached hydrogen (secondary N) is 1. The summed E-state index contributed by atoms with van der Waals surface area (Å²) < 4.78 is 33.1. The standard InChI is InChI=1S/C19H23NO3S2/c21-25(22,15-17-7-3-1-4-8-17)20-16-19(11-13-23-14-12-19)24-18-9-5-2-6-10-18/h1-10,20H,11-16H2. The van der Waals surface area contributed by atoms with E-state index >= 15 is 0 Å². The van der Waals surface area contributed by atoms with Crippen LogP contribution in [0.2, 0.25) is 0 Å². The van der Waals surface area contributed by atoms with Crippen molar-refractivity contribution in [2.75, 3.05) is 19.8 Å². The molecule has 2 aromatic rings. The molecule has 0 amide bonds. The lowest BCUT2D eigenvalue weighted by molar-refractivity contribution is 0.0784. The van der Waals surface area contributed by atoms with Crippen LogP contribution in [0.4, 0.5) is 0 Å². The minimum absolute atomic E-state index is 0.0103. The predicted molar refractivity (Wildman–Crippen MR) is 102 cm³/mol. The highest BCUT2D eigenvalue weighted by Crippen LogP contribution is 2.40. The van der Waals surface area contributed by atoms with Gasteiger partial charge in [0.1, 0.15) is 0 Å². The highest BCUT2D eigenvalue weighted by molar-refractivity contribution is 8.00. The van der Waals surface area contributed by atoms with Crippen LogP contribution in [0.5, 0.6) is 0 Å². The van der Waals surface area contributed by atoms with Gasteiger partial charge in [-0.25, -0.2) is 13.1 Å².